The number of benzene rings is 1. The first-order valence-corrected chi connectivity index (χ1v) is 6.17. The second-order valence-electron chi connectivity index (χ2n) is 4.30. The fourth-order valence-corrected chi connectivity index (χ4v) is 1.86. The summed E-state index contributed by atoms with van der Waals surface area (Å²) in [5, 5.41) is 0. The lowest BCUT2D eigenvalue weighted by Crippen LogP contribution is -1.90. The number of halogens is 2. The quantitative estimate of drug-likeness (QED) is 0.582. The van der Waals surface area contributed by atoms with Gasteiger partial charge in [-0.15, -0.1) is 0 Å². The van der Waals surface area contributed by atoms with Gasteiger partial charge in [0.2, 0.25) is 0 Å². The summed E-state index contributed by atoms with van der Waals surface area (Å²) in [7, 11) is 0. The molecule has 0 aliphatic heterocycles. The van der Waals surface area contributed by atoms with Crippen LogP contribution in [-0.2, 0) is 6.42 Å². The largest absolute Gasteiger partial charge is 0.207 e. The van der Waals surface area contributed by atoms with Gasteiger partial charge in [0, 0.05) is 6.07 Å². The van der Waals surface area contributed by atoms with Crippen LogP contribution in [0.1, 0.15) is 51.0 Å². The molecule has 0 saturated carbocycles. The summed E-state index contributed by atoms with van der Waals surface area (Å²) < 4.78 is 25.7. The third kappa shape index (κ3) is 5.24. The van der Waals surface area contributed by atoms with Gasteiger partial charge in [-0.1, -0.05) is 39.0 Å². The van der Waals surface area contributed by atoms with Crippen LogP contribution in [0.5, 0.6) is 0 Å². The van der Waals surface area contributed by atoms with Crippen LogP contribution >= 0.6 is 0 Å². The zero-order chi connectivity index (χ0) is 11.8. The third-order valence-corrected chi connectivity index (χ3v) is 2.74. The fraction of sp³-hybridized carbons (Fsp3) is 0.571. The van der Waals surface area contributed by atoms with Crippen LogP contribution in [0.4, 0.5) is 8.78 Å². The zero-order valence-electron chi connectivity index (χ0n) is 9.94. The molecule has 0 atom stereocenters. The average Bonchev–Trinajstić information content (AvgIpc) is 2.22. The highest BCUT2D eigenvalue weighted by Crippen LogP contribution is 2.12. The Balaban J connectivity index is 2.21. The summed E-state index contributed by atoms with van der Waals surface area (Å²) in [5.41, 5.74) is 0.771. The number of hydrogen-bond donors (Lipinski definition) is 0. The van der Waals surface area contributed by atoms with E-state index in [4.69, 9.17) is 0 Å². The molecule has 0 N–H and O–H groups in total. The van der Waals surface area contributed by atoms with Gasteiger partial charge in [0.25, 0.3) is 0 Å². The highest BCUT2D eigenvalue weighted by atomic mass is 19.1. The van der Waals surface area contributed by atoms with Crippen LogP contribution in [0.2, 0.25) is 0 Å². The van der Waals surface area contributed by atoms with Crippen molar-refractivity contribution in [1.29, 1.82) is 0 Å². The molecule has 0 nitrogen and oxygen atoms in total. The molecule has 0 aliphatic carbocycles. The smallest absolute Gasteiger partial charge is 0.126 e. The molecule has 0 radical (unpaired) electrons. The van der Waals surface area contributed by atoms with Gasteiger partial charge >= 0.3 is 0 Å². The van der Waals surface area contributed by atoms with Crippen LogP contribution < -0.4 is 0 Å². The Morgan fingerprint density at radius 2 is 1.38 bits per heavy atom. The number of aryl methyl sites for hydroxylation is 1. The third-order valence-electron chi connectivity index (χ3n) is 2.74. The Hall–Kier alpha value is -0.920. The van der Waals surface area contributed by atoms with Gasteiger partial charge in [-0.05, 0) is 30.5 Å². The predicted molar refractivity (Wildman–Crippen MR) is 63.4 cm³/mol. The zero-order valence-corrected chi connectivity index (χ0v) is 9.94. The second-order valence-corrected chi connectivity index (χ2v) is 4.30. The monoisotopic (exact) mass is 226 g/mol. The highest BCUT2D eigenvalue weighted by Gasteiger charge is 2.00. The molecular formula is C14H20F2. The Morgan fingerprint density at radius 1 is 0.812 bits per heavy atom. The maximum absolute atomic E-state index is 12.9. The second kappa shape index (κ2) is 7.37. The molecule has 0 bridgehead atoms. The molecule has 0 spiro atoms. The first-order valence-electron chi connectivity index (χ1n) is 6.17. The van der Waals surface area contributed by atoms with Gasteiger partial charge in [0.1, 0.15) is 11.6 Å². The Labute approximate surface area is 96.7 Å². The summed E-state index contributed by atoms with van der Waals surface area (Å²) >= 11 is 0. The lowest BCUT2D eigenvalue weighted by molar-refractivity contribution is 0.574. The molecular weight excluding hydrogens is 206 g/mol. The van der Waals surface area contributed by atoms with Crippen molar-refractivity contribution in [1.82, 2.24) is 0 Å². The van der Waals surface area contributed by atoms with Crippen molar-refractivity contribution >= 4 is 0 Å². The molecule has 90 valence electrons. The summed E-state index contributed by atoms with van der Waals surface area (Å²) in [4.78, 5) is 0. The lowest BCUT2D eigenvalue weighted by atomic mass is 10.0. The van der Waals surface area contributed by atoms with Gasteiger partial charge in [-0.25, -0.2) is 8.78 Å². The highest BCUT2D eigenvalue weighted by molar-refractivity contribution is 5.17. The Kier molecular flexibility index (Phi) is 6.05. The van der Waals surface area contributed by atoms with Crippen molar-refractivity contribution in [3.63, 3.8) is 0 Å². The van der Waals surface area contributed by atoms with E-state index in [2.05, 4.69) is 6.92 Å². The van der Waals surface area contributed by atoms with Crippen LogP contribution in [-0.4, -0.2) is 0 Å². The SMILES string of the molecule is CCCCCCCCc1cc(F)cc(F)c1. The van der Waals surface area contributed by atoms with Crippen molar-refractivity contribution < 1.29 is 8.78 Å². The number of hydrogen-bond acceptors (Lipinski definition) is 0. The minimum Gasteiger partial charge on any atom is -0.207 e. The summed E-state index contributed by atoms with van der Waals surface area (Å²) in [5.74, 6) is -0.943. The average molecular weight is 226 g/mol. The standard InChI is InChI=1S/C14H20F2/c1-2-3-4-5-6-7-8-12-9-13(15)11-14(16)10-12/h9-11H,2-8H2,1H3. The Bertz CT molecular complexity index is 287. The summed E-state index contributed by atoms with van der Waals surface area (Å²) in [6.07, 6.45) is 7.98. The Morgan fingerprint density at radius 3 is 2.00 bits per heavy atom. The minimum atomic E-state index is -0.471. The van der Waals surface area contributed by atoms with Gasteiger partial charge in [0.15, 0.2) is 0 Å². The molecule has 16 heavy (non-hydrogen) atoms. The van der Waals surface area contributed by atoms with Crippen LogP contribution in [0.25, 0.3) is 0 Å². The molecule has 1 rings (SSSR count). The molecule has 0 fully saturated rings. The lowest BCUT2D eigenvalue weighted by Gasteiger charge is -2.02. The molecule has 0 aromatic heterocycles. The predicted octanol–water partition coefficient (Wildman–Crippen LogP) is 4.87. The topological polar surface area (TPSA) is 0 Å². The molecule has 0 aliphatic rings. The molecule has 1 aromatic carbocycles. The first kappa shape index (κ1) is 13.1. The molecule has 0 saturated heterocycles. The molecule has 0 amide bonds. The van der Waals surface area contributed by atoms with Gasteiger partial charge in [0.05, 0.1) is 0 Å². The van der Waals surface area contributed by atoms with Crippen molar-refractivity contribution in [2.24, 2.45) is 0 Å². The van der Waals surface area contributed by atoms with E-state index in [0.29, 0.717) is 0 Å². The van der Waals surface area contributed by atoms with Gasteiger partial charge in [-0.3, -0.25) is 0 Å². The van der Waals surface area contributed by atoms with Crippen molar-refractivity contribution in [2.75, 3.05) is 0 Å². The first-order chi connectivity index (χ1) is 7.72. The maximum Gasteiger partial charge on any atom is 0.126 e. The van der Waals surface area contributed by atoms with Crippen molar-refractivity contribution in [2.45, 2.75) is 51.9 Å². The molecule has 0 unspecified atom stereocenters. The van der Waals surface area contributed by atoms with Crippen LogP contribution in [0.15, 0.2) is 18.2 Å². The molecule has 2 heteroatoms. The normalized spacial score (nSPS) is 10.7. The van der Waals surface area contributed by atoms with Crippen molar-refractivity contribution in [3.05, 3.63) is 35.4 Å². The number of rotatable bonds is 7. The van der Waals surface area contributed by atoms with E-state index < -0.39 is 11.6 Å². The van der Waals surface area contributed by atoms with E-state index in [1.807, 2.05) is 0 Å². The van der Waals surface area contributed by atoms with E-state index in [0.717, 1.165) is 30.9 Å². The molecule has 0 heterocycles. The number of unbranched alkanes of at least 4 members (excludes halogenated alkanes) is 5. The van der Waals surface area contributed by atoms with E-state index in [9.17, 15) is 8.78 Å². The van der Waals surface area contributed by atoms with Gasteiger partial charge < -0.3 is 0 Å². The van der Waals surface area contributed by atoms with Crippen LogP contribution in [0.3, 0.4) is 0 Å². The van der Waals surface area contributed by atoms with E-state index in [1.54, 1.807) is 0 Å². The van der Waals surface area contributed by atoms with Gasteiger partial charge in [-0.2, -0.15) is 0 Å². The minimum absolute atomic E-state index is 0.471. The maximum atomic E-state index is 12.9. The van der Waals surface area contributed by atoms with Crippen molar-refractivity contribution in [3.8, 4) is 0 Å². The van der Waals surface area contributed by atoms with E-state index in [-0.39, 0.29) is 0 Å². The summed E-state index contributed by atoms with van der Waals surface area (Å²) in [6, 6.07) is 3.77. The fourth-order valence-electron chi connectivity index (χ4n) is 1.86. The summed E-state index contributed by atoms with van der Waals surface area (Å²) in [6.45, 7) is 2.19. The van der Waals surface area contributed by atoms with E-state index >= 15 is 0 Å². The molecule has 1 aromatic rings. The van der Waals surface area contributed by atoms with Crippen LogP contribution in [0, 0.1) is 11.6 Å². The van der Waals surface area contributed by atoms with E-state index in [1.165, 1.54) is 37.8 Å².